The van der Waals surface area contributed by atoms with Crippen LogP contribution in [0.2, 0.25) is 0 Å². The molecule has 0 radical (unpaired) electrons. The van der Waals surface area contributed by atoms with Crippen molar-refractivity contribution in [1.82, 2.24) is 14.9 Å². The van der Waals surface area contributed by atoms with E-state index in [1.54, 1.807) is 9.47 Å². The number of hydrogen-bond acceptors (Lipinski definition) is 11. The van der Waals surface area contributed by atoms with E-state index in [1.807, 2.05) is 0 Å². The van der Waals surface area contributed by atoms with Gasteiger partial charge in [-0.25, -0.2) is 23.4 Å². The lowest BCUT2D eigenvalue weighted by molar-refractivity contribution is -0.119. The number of aromatic nitrogens is 2. The van der Waals surface area contributed by atoms with Gasteiger partial charge in [-0.3, -0.25) is 14.5 Å². The average Bonchev–Trinajstić information content (AvgIpc) is 3.80. The fraction of sp³-hybridized carbons (Fsp3) is 0.433. The summed E-state index contributed by atoms with van der Waals surface area (Å²) in [6, 6.07) is 4.79. The summed E-state index contributed by atoms with van der Waals surface area (Å²) in [4.78, 5) is 74.7. The third kappa shape index (κ3) is 6.90. The molecule has 2 aliphatic heterocycles. The Labute approximate surface area is 272 Å². The van der Waals surface area contributed by atoms with E-state index in [-0.39, 0.29) is 85.9 Å². The quantitative estimate of drug-likeness (QED) is 0.215. The number of piperidine rings is 1. The first kappa shape index (κ1) is 33.5. The van der Waals surface area contributed by atoms with Crippen LogP contribution in [0.25, 0.3) is 11.0 Å². The second-order valence-corrected chi connectivity index (χ2v) is 12.6. The van der Waals surface area contributed by atoms with Crippen LogP contribution < -0.4 is 25.3 Å². The highest BCUT2D eigenvalue weighted by Gasteiger charge is 2.41. The lowest BCUT2D eigenvalue weighted by atomic mass is 9.92. The van der Waals surface area contributed by atoms with Crippen LogP contribution in [0.4, 0.5) is 25.1 Å². The molecule has 2 amide bonds. The molecule has 18 heteroatoms. The van der Waals surface area contributed by atoms with Crippen molar-refractivity contribution in [2.45, 2.75) is 50.4 Å². The zero-order valence-corrected chi connectivity index (χ0v) is 26.5. The highest BCUT2D eigenvalue weighted by molar-refractivity contribution is 7.39. The summed E-state index contributed by atoms with van der Waals surface area (Å²) < 4.78 is 48.6. The number of amides is 2. The second kappa shape index (κ2) is 13.2. The Balaban J connectivity index is 1.16. The molecule has 3 aliphatic rings. The summed E-state index contributed by atoms with van der Waals surface area (Å²) in [5.74, 6) is -3.58. The smallest absolute Gasteiger partial charge is 0.414 e. The van der Waals surface area contributed by atoms with Crippen LogP contribution >= 0.6 is 8.60 Å². The molecule has 0 spiro atoms. The van der Waals surface area contributed by atoms with Crippen LogP contribution in [0.1, 0.15) is 49.0 Å². The number of halogens is 2. The molecule has 256 valence electrons. The Bertz CT molecular complexity index is 1830. The maximum absolute atomic E-state index is 15.4. The SMILES string of the molecule is CC(=O)NC[C@H]1CN(c2ccc(OCC3(OP(O)O)CCN(c4nc5c(cc4F)c(=O)c(C(=O)O)cn5C4CC4)CC3)c(F)c2)C(=O)O1. The number of carbonyl (C=O) groups is 3. The number of cyclic esters (lactones) is 1. The molecule has 3 fully saturated rings. The molecule has 6 rings (SSSR count). The van der Waals surface area contributed by atoms with Gasteiger partial charge in [-0.15, -0.1) is 0 Å². The number of nitrogens with one attached hydrogen (secondary N) is 1. The standard InChI is InChI=1S/C30H32F2N5O10P/c1-16(38)33-12-19-13-37(29(42)46-19)18-4-5-24(22(31)10-18)45-15-30(47-48(43)44)6-8-35(9-7-30)27-23(32)11-20-25(39)21(28(40)41)14-36(17-2-3-17)26(20)34-27/h4-5,10-11,14,17,19,43-44H,2-3,6-9,12-13,15H2,1H3,(H,33,38)(H,40,41)/t19-/m0/s1. The summed E-state index contributed by atoms with van der Waals surface area (Å²) in [6.45, 7) is 1.46. The van der Waals surface area contributed by atoms with Gasteiger partial charge in [-0.2, -0.15) is 0 Å². The molecule has 0 bridgehead atoms. The molecule has 0 unspecified atom stereocenters. The number of carboxylic acids is 1. The topological polar surface area (TPSA) is 193 Å². The molecule has 4 heterocycles. The summed E-state index contributed by atoms with van der Waals surface area (Å²) in [6.07, 6.45) is 1.63. The van der Waals surface area contributed by atoms with Crippen LogP contribution in [0, 0.1) is 11.6 Å². The number of rotatable bonds is 11. The lowest BCUT2D eigenvalue weighted by Gasteiger charge is -2.41. The lowest BCUT2D eigenvalue weighted by Crippen LogP contribution is -2.49. The van der Waals surface area contributed by atoms with Crippen molar-refractivity contribution in [3.63, 3.8) is 0 Å². The molecule has 4 N–H and O–H groups in total. The van der Waals surface area contributed by atoms with Crippen molar-refractivity contribution < 1.29 is 52.1 Å². The van der Waals surface area contributed by atoms with E-state index in [0.717, 1.165) is 25.0 Å². The number of hydrogen-bond donors (Lipinski definition) is 4. The molecular weight excluding hydrogens is 659 g/mol. The number of ether oxygens (including phenoxy) is 2. The minimum atomic E-state index is -2.86. The van der Waals surface area contributed by atoms with E-state index in [2.05, 4.69) is 10.3 Å². The number of anilines is 2. The maximum atomic E-state index is 15.4. The monoisotopic (exact) mass is 691 g/mol. The molecule has 1 saturated carbocycles. The van der Waals surface area contributed by atoms with Crippen molar-refractivity contribution in [1.29, 1.82) is 0 Å². The van der Waals surface area contributed by atoms with Crippen LogP contribution in [-0.4, -0.2) is 86.9 Å². The van der Waals surface area contributed by atoms with E-state index >= 15 is 8.78 Å². The summed E-state index contributed by atoms with van der Waals surface area (Å²) in [7, 11) is -2.86. The molecule has 1 atom stereocenters. The van der Waals surface area contributed by atoms with Gasteiger partial charge in [0.1, 0.15) is 29.5 Å². The van der Waals surface area contributed by atoms with Crippen LogP contribution in [-0.2, 0) is 14.1 Å². The zero-order valence-electron chi connectivity index (χ0n) is 25.6. The minimum Gasteiger partial charge on any atom is -0.487 e. The third-order valence-electron chi connectivity index (χ3n) is 8.53. The van der Waals surface area contributed by atoms with Gasteiger partial charge in [0.2, 0.25) is 11.3 Å². The molecule has 2 saturated heterocycles. The van der Waals surface area contributed by atoms with Gasteiger partial charge in [-0.05, 0) is 43.9 Å². The molecule has 1 aromatic carbocycles. The number of nitrogens with zero attached hydrogens (tertiary/aromatic N) is 4. The Morgan fingerprint density at radius 3 is 2.50 bits per heavy atom. The number of pyridine rings is 2. The normalized spacial score (nSPS) is 19.1. The molecule has 2 aromatic heterocycles. The highest BCUT2D eigenvalue weighted by Crippen LogP contribution is 2.41. The van der Waals surface area contributed by atoms with Crippen molar-refractivity contribution in [3.8, 4) is 5.75 Å². The van der Waals surface area contributed by atoms with Crippen LogP contribution in [0.5, 0.6) is 5.75 Å². The predicted molar refractivity (Wildman–Crippen MR) is 166 cm³/mol. The van der Waals surface area contributed by atoms with Crippen molar-refractivity contribution in [2.24, 2.45) is 0 Å². The van der Waals surface area contributed by atoms with Crippen molar-refractivity contribution in [2.75, 3.05) is 42.6 Å². The molecule has 48 heavy (non-hydrogen) atoms. The Hall–Kier alpha value is -4.44. The van der Waals surface area contributed by atoms with Gasteiger partial charge in [0, 0.05) is 38.3 Å². The van der Waals surface area contributed by atoms with E-state index < -0.39 is 55.0 Å². The molecule has 15 nitrogen and oxygen atoms in total. The Kier molecular flexibility index (Phi) is 9.22. The van der Waals surface area contributed by atoms with Gasteiger partial charge in [0.25, 0.3) is 0 Å². The second-order valence-electron chi connectivity index (χ2n) is 12.0. The van der Waals surface area contributed by atoms with E-state index in [1.165, 1.54) is 30.2 Å². The van der Waals surface area contributed by atoms with E-state index in [9.17, 15) is 34.1 Å². The molecular formula is C30H32F2N5O10P. The summed E-state index contributed by atoms with van der Waals surface area (Å²) in [5.41, 5.74) is -2.23. The van der Waals surface area contributed by atoms with Gasteiger partial charge in [0.15, 0.2) is 23.2 Å². The third-order valence-corrected chi connectivity index (χ3v) is 9.08. The highest BCUT2D eigenvalue weighted by atomic mass is 31.2. The van der Waals surface area contributed by atoms with Gasteiger partial charge in [-0.1, -0.05) is 0 Å². The summed E-state index contributed by atoms with van der Waals surface area (Å²) in [5, 5.41) is 11.9. The number of fused-ring (bicyclic) bond motifs is 1. The van der Waals surface area contributed by atoms with Crippen LogP contribution in [0.15, 0.2) is 35.3 Å². The Morgan fingerprint density at radius 2 is 1.88 bits per heavy atom. The van der Waals surface area contributed by atoms with Gasteiger partial charge in [0.05, 0.1) is 24.2 Å². The fourth-order valence-corrected chi connectivity index (χ4v) is 6.47. The number of benzene rings is 1. The number of carbonyl (C=O) groups excluding carboxylic acids is 2. The zero-order chi connectivity index (χ0) is 34.3. The van der Waals surface area contributed by atoms with Gasteiger partial charge < -0.3 is 43.7 Å². The Morgan fingerprint density at radius 1 is 1.15 bits per heavy atom. The largest absolute Gasteiger partial charge is 0.487 e. The minimum absolute atomic E-state index is 0.0597. The molecule has 3 aromatic rings. The average molecular weight is 692 g/mol. The first-order chi connectivity index (χ1) is 22.8. The predicted octanol–water partition coefficient (Wildman–Crippen LogP) is 2.82. The fourth-order valence-electron chi connectivity index (χ4n) is 5.88. The van der Waals surface area contributed by atoms with Gasteiger partial charge >= 0.3 is 20.7 Å². The first-order valence-corrected chi connectivity index (χ1v) is 16.3. The van der Waals surface area contributed by atoms with Crippen LogP contribution in [0.3, 0.4) is 0 Å². The summed E-state index contributed by atoms with van der Waals surface area (Å²) >= 11 is 0. The van der Waals surface area contributed by atoms with Crippen molar-refractivity contribution in [3.05, 3.63) is 57.9 Å². The maximum Gasteiger partial charge on any atom is 0.414 e. The van der Waals surface area contributed by atoms with E-state index in [4.69, 9.17) is 14.0 Å². The first-order valence-electron chi connectivity index (χ1n) is 15.1. The van der Waals surface area contributed by atoms with E-state index in [0.29, 0.717) is 0 Å². The van der Waals surface area contributed by atoms with Crippen molar-refractivity contribution >= 4 is 49.1 Å². The number of carboxylic acid groups (broad SMARTS) is 1. The molecule has 1 aliphatic carbocycles. The number of aromatic carboxylic acids is 1.